The van der Waals surface area contributed by atoms with Crippen LogP contribution in [0, 0.1) is 17.6 Å². The maximum Gasteiger partial charge on any atom is 0.319 e. The number of anilines is 1. The Morgan fingerprint density at radius 2 is 2.00 bits per heavy atom. The Hall–Kier alpha value is -2.64. The first-order chi connectivity index (χ1) is 11.4. The van der Waals surface area contributed by atoms with Gasteiger partial charge in [0.2, 0.25) is 0 Å². The number of amides is 2. The molecule has 0 unspecified atom stereocenters. The number of benzene rings is 1. The fourth-order valence-electron chi connectivity index (χ4n) is 2.23. The zero-order valence-corrected chi connectivity index (χ0v) is 13.8. The molecule has 2 aromatic rings. The number of nitrogens with one attached hydrogen (secondary N) is 2. The Kier molecular flexibility index (Phi) is 5.73. The summed E-state index contributed by atoms with van der Waals surface area (Å²) in [5.41, 5.74) is -0.00572. The van der Waals surface area contributed by atoms with Crippen LogP contribution in [0.15, 0.2) is 24.5 Å². The molecule has 0 bridgehead atoms. The molecule has 2 amide bonds. The number of halogens is 2. The maximum absolute atomic E-state index is 13.6. The molecule has 0 spiro atoms. The highest BCUT2D eigenvalue weighted by Gasteiger charge is 2.13. The summed E-state index contributed by atoms with van der Waals surface area (Å²) in [5, 5.41) is 4.98. The highest BCUT2D eigenvalue weighted by Crippen LogP contribution is 2.25. The van der Waals surface area contributed by atoms with Crippen molar-refractivity contribution in [2.75, 3.05) is 12.4 Å². The van der Waals surface area contributed by atoms with Crippen molar-refractivity contribution in [3.8, 4) is 5.75 Å². The molecule has 0 saturated heterocycles. The van der Waals surface area contributed by atoms with Crippen molar-refractivity contribution in [2.24, 2.45) is 5.92 Å². The Bertz CT molecular complexity index is 693. The van der Waals surface area contributed by atoms with Gasteiger partial charge in [-0.05, 0) is 5.92 Å². The summed E-state index contributed by atoms with van der Waals surface area (Å²) in [4.78, 5) is 16.1. The van der Waals surface area contributed by atoms with E-state index in [0.717, 1.165) is 18.7 Å². The molecule has 0 aliphatic rings. The van der Waals surface area contributed by atoms with Crippen LogP contribution in [0.4, 0.5) is 19.3 Å². The van der Waals surface area contributed by atoms with Crippen LogP contribution < -0.4 is 15.4 Å². The Labute approximate surface area is 138 Å². The third-order valence-electron chi connectivity index (χ3n) is 3.23. The van der Waals surface area contributed by atoms with Crippen LogP contribution in [0.25, 0.3) is 0 Å². The lowest BCUT2D eigenvalue weighted by molar-refractivity contribution is 0.251. The zero-order chi connectivity index (χ0) is 17.7. The van der Waals surface area contributed by atoms with Crippen molar-refractivity contribution in [3.63, 3.8) is 0 Å². The van der Waals surface area contributed by atoms with Crippen molar-refractivity contribution >= 4 is 11.7 Å². The van der Waals surface area contributed by atoms with E-state index in [4.69, 9.17) is 0 Å². The first-order valence-corrected chi connectivity index (χ1v) is 7.48. The number of rotatable bonds is 6. The molecule has 130 valence electrons. The average molecular weight is 338 g/mol. The van der Waals surface area contributed by atoms with Crippen LogP contribution in [0.1, 0.15) is 19.7 Å². The lowest BCUT2D eigenvalue weighted by Crippen LogP contribution is -2.29. The van der Waals surface area contributed by atoms with E-state index in [0.29, 0.717) is 11.7 Å². The van der Waals surface area contributed by atoms with Crippen molar-refractivity contribution < 1.29 is 18.3 Å². The molecular formula is C16H20F2N4O2. The normalized spacial score (nSPS) is 10.8. The minimum absolute atomic E-state index is 0.00572. The van der Waals surface area contributed by atoms with E-state index < -0.39 is 23.4 Å². The summed E-state index contributed by atoms with van der Waals surface area (Å²) >= 11 is 0. The molecule has 1 heterocycles. The van der Waals surface area contributed by atoms with E-state index in [9.17, 15) is 13.6 Å². The highest BCUT2D eigenvalue weighted by molar-refractivity contribution is 5.89. The van der Waals surface area contributed by atoms with Gasteiger partial charge in [-0.15, -0.1) is 0 Å². The number of hydrogen-bond acceptors (Lipinski definition) is 3. The van der Waals surface area contributed by atoms with E-state index in [-0.39, 0.29) is 12.2 Å². The third kappa shape index (κ3) is 4.43. The Morgan fingerprint density at radius 1 is 1.33 bits per heavy atom. The van der Waals surface area contributed by atoms with Crippen molar-refractivity contribution in [1.82, 2.24) is 14.9 Å². The molecule has 8 heteroatoms. The standard InChI is InChI=1S/C16H20F2N4O2/c1-10(2)9-22-5-4-19-14(22)8-20-16(23)21-11-6-12(17)15(24-3)13(18)7-11/h4-7,10H,8-9H2,1-3H3,(H2,20,21,23). The SMILES string of the molecule is COc1c(F)cc(NC(=O)NCc2nccn2CC(C)C)cc1F. The smallest absolute Gasteiger partial charge is 0.319 e. The number of ether oxygens (including phenoxy) is 1. The minimum atomic E-state index is -0.889. The lowest BCUT2D eigenvalue weighted by Gasteiger charge is -2.12. The van der Waals surface area contributed by atoms with Gasteiger partial charge in [-0.25, -0.2) is 18.6 Å². The molecule has 1 aromatic carbocycles. The molecule has 0 radical (unpaired) electrons. The molecule has 0 aliphatic heterocycles. The molecule has 1 aromatic heterocycles. The number of carbonyl (C=O) groups is 1. The van der Waals surface area contributed by atoms with Crippen LogP contribution in [0.3, 0.4) is 0 Å². The van der Waals surface area contributed by atoms with E-state index in [2.05, 4.69) is 34.2 Å². The van der Waals surface area contributed by atoms with E-state index >= 15 is 0 Å². The maximum atomic E-state index is 13.6. The number of hydrogen-bond donors (Lipinski definition) is 2. The molecule has 0 fully saturated rings. The first-order valence-electron chi connectivity index (χ1n) is 7.48. The molecule has 0 aliphatic carbocycles. The van der Waals surface area contributed by atoms with Gasteiger partial charge in [-0.1, -0.05) is 13.8 Å². The predicted molar refractivity (Wildman–Crippen MR) is 85.8 cm³/mol. The second-order valence-electron chi connectivity index (χ2n) is 5.67. The van der Waals surface area contributed by atoms with E-state index in [1.807, 2.05) is 10.8 Å². The van der Waals surface area contributed by atoms with Crippen LogP contribution in [0.2, 0.25) is 0 Å². The highest BCUT2D eigenvalue weighted by atomic mass is 19.1. The second kappa shape index (κ2) is 7.76. The zero-order valence-electron chi connectivity index (χ0n) is 13.8. The van der Waals surface area contributed by atoms with Gasteiger partial charge in [0.1, 0.15) is 5.82 Å². The van der Waals surface area contributed by atoms with Gasteiger partial charge in [0.15, 0.2) is 17.4 Å². The van der Waals surface area contributed by atoms with Crippen molar-refractivity contribution in [2.45, 2.75) is 26.9 Å². The number of methoxy groups -OCH3 is 1. The molecule has 2 N–H and O–H groups in total. The van der Waals surface area contributed by atoms with Gasteiger partial charge in [-0.3, -0.25) is 0 Å². The fraction of sp³-hybridized carbons (Fsp3) is 0.375. The molecular weight excluding hydrogens is 318 g/mol. The molecule has 2 rings (SSSR count). The summed E-state index contributed by atoms with van der Waals surface area (Å²) in [6.07, 6.45) is 3.49. The van der Waals surface area contributed by atoms with Crippen LogP contribution in [0.5, 0.6) is 5.75 Å². The number of carbonyl (C=O) groups excluding carboxylic acids is 1. The quantitative estimate of drug-likeness (QED) is 0.850. The second-order valence-corrected chi connectivity index (χ2v) is 5.67. The molecule has 6 nitrogen and oxygen atoms in total. The Balaban J connectivity index is 1.96. The summed E-state index contributed by atoms with van der Waals surface area (Å²) < 4.78 is 33.7. The summed E-state index contributed by atoms with van der Waals surface area (Å²) in [6, 6.07) is 1.39. The van der Waals surface area contributed by atoms with Crippen molar-refractivity contribution in [3.05, 3.63) is 42.0 Å². The average Bonchev–Trinajstić information content (AvgIpc) is 2.91. The number of aromatic nitrogens is 2. The number of nitrogens with zero attached hydrogens (tertiary/aromatic N) is 2. The van der Waals surface area contributed by atoms with Gasteiger partial charge >= 0.3 is 6.03 Å². The summed E-state index contributed by atoms with van der Waals surface area (Å²) in [6.45, 7) is 5.15. The predicted octanol–water partition coefficient (Wildman–Crippen LogP) is 3.15. The van der Waals surface area contributed by atoms with Crippen LogP contribution >= 0.6 is 0 Å². The van der Waals surface area contributed by atoms with Crippen molar-refractivity contribution in [1.29, 1.82) is 0 Å². The fourth-order valence-corrected chi connectivity index (χ4v) is 2.23. The largest absolute Gasteiger partial charge is 0.491 e. The van der Waals surface area contributed by atoms with Gasteiger partial charge in [0.25, 0.3) is 0 Å². The van der Waals surface area contributed by atoms with Gasteiger partial charge in [-0.2, -0.15) is 0 Å². The van der Waals surface area contributed by atoms with E-state index in [1.54, 1.807) is 6.20 Å². The number of urea groups is 1. The molecule has 24 heavy (non-hydrogen) atoms. The summed E-state index contributed by atoms with van der Waals surface area (Å²) in [7, 11) is 1.17. The minimum Gasteiger partial charge on any atom is -0.491 e. The Morgan fingerprint density at radius 3 is 2.58 bits per heavy atom. The van der Waals surface area contributed by atoms with Crippen LogP contribution in [-0.4, -0.2) is 22.7 Å². The first kappa shape index (κ1) is 17.7. The van der Waals surface area contributed by atoms with E-state index in [1.165, 1.54) is 7.11 Å². The lowest BCUT2D eigenvalue weighted by atomic mass is 10.2. The number of imidazole rings is 1. The van der Waals surface area contributed by atoms with Gasteiger partial charge in [0, 0.05) is 36.8 Å². The molecule has 0 saturated carbocycles. The third-order valence-corrected chi connectivity index (χ3v) is 3.23. The van der Waals surface area contributed by atoms with Crippen LogP contribution in [-0.2, 0) is 13.1 Å². The monoisotopic (exact) mass is 338 g/mol. The van der Waals surface area contributed by atoms with Gasteiger partial charge in [0.05, 0.1) is 13.7 Å². The summed E-state index contributed by atoms with van der Waals surface area (Å²) in [5.74, 6) is -1.12. The molecule has 0 atom stereocenters. The van der Waals surface area contributed by atoms with Gasteiger partial charge < -0.3 is 19.9 Å². The topological polar surface area (TPSA) is 68.2 Å².